The van der Waals surface area contributed by atoms with E-state index in [2.05, 4.69) is 24.5 Å². The summed E-state index contributed by atoms with van der Waals surface area (Å²) in [6.07, 6.45) is 6.19. The van der Waals surface area contributed by atoms with Crippen molar-refractivity contribution in [2.75, 3.05) is 13.1 Å². The van der Waals surface area contributed by atoms with Crippen molar-refractivity contribution in [3.63, 3.8) is 0 Å². The van der Waals surface area contributed by atoms with Crippen LogP contribution in [0.25, 0.3) is 55.4 Å². The molecule has 0 saturated heterocycles. The van der Waals surface area contributed by atoms with Gasteiger partial charge in [0.2, 0.25) is 0 Å². The van der Waals surface area contributed by atoms with Crippen molar-refractivity contribution in [3.05, 3.63) is 120 Å². The van der Waals surface area contributed by atoms with Crippen LogP contribution in [0, 0.1) is 0 Å². The van der Waals surface area contributed by atoms with Crippen LogP contribution in [0.15, 0.2) is 109 Å². The van der Waals surface area contributed by atoms with Gasteiger partial charge in [-0.05, 0) is 60.4 Å². The van der Waals surface area contributed by atoms with Gasteiger partial charge in [0.15, 0.2) is 0 Å². The molecule has 0 unspecified atom stereocenters. The Morgan fingerprint density at radius 2 is 0.917 bits per heavy atom. The molecule has 4 aromatic carbocycles. The van der Waals surface area contributed by atoms with Crippen LogP contribution in [-0.4, -0.2) is 34.9 Å². The van der Waals surface area contributed by atoms with Gasteiger partial charge < -0.3 is 10.6 Å². The first kappa shape index (κ1) is 32.6. The highest BCUT2D eigenvalue weighted by atomic mass is 16.2. The number of benzene rings is 4. The number of nitrogens with one attached hydrogen (secondary N) is 2. The van der Waals surface area contributed by atoms with Crippen molar-refractivity contribution in [2.45, 2.75) is 52.4 Å². The topological polar surface area (TPSA) is 84.0 Å². The average molecular weight is 635 g/mol. The molecule has 6 nitrogen and oxygen atoms in total. The van der Waals surface area contributed by atoms with Crippen LogP contribution in [0.2, 0.25) is 0 Å². The predicted octanol–water partition coefficient (Wildman–Crippen LogP) is 9.62. The maximum Gasteiger partial charge on any atom is 0.252 e. The maximum absolute atomic E-state index is 13.6. The van der Waals surface area contributed by atoms with Crippen molar-refractivity contribution in [2.24, 2.45) is 0 Å². The fraction of sp³-hybridized carbons (Fsp3) is 0.238. The fourth-order valence-corrected chi connectivity index (χ4v) is 6.04. The zero-order valence-corrected chi connectivity index (χ0v) is 27.8. The number of carbonyl (C=O) groups is 2. The molecule has 242 valence electrons. The van der Waals surface area contributed by atoms with Crippen molar-refractivity contribution in [1.29, 1.82) is 0 Å². The first-order valence-electron chi connectivity index (χ1n) is 17.1. The summed E-state index contributed by atoms with van der Waals surface area (Å²) in [7, 11) is 0. The van der Waals surface area contributed by atoms with Crippen molar-refractivity contribution in [1.82, 2.24) is 20.6 Å². The number of pyridine rings is 2. The number of nitrogens with zero attached hydrogens (tertiary/aromatic N) is 2. The Labute approximate surface area is 282 Å². The highest BCUT2D eigenvalue weighted by Gasteiger charge is 2.18. The SMILES string of the molecule is CCCCCNC(=O)c1cc(-c2ccccc2)nc2ccc(-c3ccc4nc(-c5ccccc5)cc(C(=O)NCCCCC)c4c3)cc12. The summed E-state index contributed by atoms with van der Waals surface area (Å²) in [5.41, 5.74) is 7.99. The molecule has 2 aromatic heterocycles. The molecule has 2 heterocycles. The molecule has 0 aliphatic rings. The predicted molar refractivity (Wildman–Crippen MR) is 197 cm³/mol. The molecule has 48 heavy (non-hydrogen) atoms. The lowest BCUT2D eigenvalue weighted by Crippen LogP contribution is -2.25. The first-order valence-corrected chi connectivity index (χ1v) is 17.1. The van der Waals surface area contributed by atoms with Crippen LogP contribution in [0.5, 0.6) is 0 Å². The summed E-state index contributed by atoms with van der Waals surface area (Å²) < 4.78 is 0. The summed E-state index contributed by atoms with van der Waals surface area (Å²) in [6, 6.07) is 35.8. The average Bonchev–Trinajstić information content (AvgIpc) is 3.14. The highest BCUT2D eigenvalue weighted by molar-refractivity contribution is 6.10. The lowest BCUT2D eigenvalue weighted by atomic mass is 9.96. The van der Waals surface area contributed by atoms with E-state index in [9.17, 15) is 9.59 Å². The minimum Gasteiger partial charge on any atom is -0.352 e. The van der Waals surface area contributed by atoms with Gasteiger partial charge >= 0.3 is 0 Å². The summed E-state index contributed by atoms with van der Waals surface area (Å²) in [6.45, 7) is 5.56. The quantitative estimate of drug-likeness (QED) is 0.124. The molecular weight excluding hydrogens is 592 g/mol. The van der Waals surface area contributed by atoms with Gasteiger partial charge in [-0.3, -0.25) is 9.59 Å². The van der Waals surface area contributed by atoms with Crippen LogP contribution in [0.4, 0.5) is 0 Å². The van der Waals surface area contributed by atoms with Crippen LogP contribution in [0.1, 0.15) is 73.1 Å². The number of amides is 2. The molecule has 6 rings (SSSR count). The zero-order chi connectivity index (χ0) is 33.3. The first-order chi connectivity index (χ1) is 23.6. The van der Waals surface area contributed by atoms with E-state index in [4.69, 9.17) is 9.97 Å². The monoisotopic (exact) mass is 634 g/mol. The Bertz CT molecular complexity index is 1890. The van der Waals surface area contributed by atoms with Crippen molar-refractivity contribution in [3.8, 4) is 33.6 Å². The third-order valence-corrected chi connectivity index (χ3v) is 8.71. The van der Waals surface area contributed by atoms with Crippen molar-refractivity contribution >= 4 is 33.6 Å². The van der Waals surface area contributed by atoms with E-state index in [1.807, 2.05) is 109 Å². The van der Waals surface area contributed by atoms with E-state index in [0.717, 1.165) is 94.0 Å². The van der Waals surface area contributed by atoms with Crippen LogP contribution < -0.4 is 10.6 Å². The molecule has 0 aliphatic heterocycles. The molecular formula is C42H42N4O2. The van der Waals surface area contributed by atoms with Gasteiger partial charge in [0.05, 0.1) is 33.5 Å². The van der Waals surface area contributed by atoms with E-state index >= 15 is 0 Å². The Kier molecular flexibility index (Phi) is 10.5. The molecule has 0 saturated carbocycles. The van der Waals surface area contributed by atoms with E-state index < -0.39 is 0 Å². The normalized spacial score (nSPS) is 11.1. The number of rotatable bonds is 13. The second kappa shape index (κ2) is 15.5. The van der Waals surface area contributed by atoms with E-state index in [1.54, 1.807) is 0 Å². The van der Waals surface area contributed by atoms with E-state index in [0.29, 0.717) is 24.2 Å². The second-order valence-electron chi connectivity index (χ2n) is 12.2. The molecule has 6 aromatic rings. The largest absolute Gasteiger partial charge is 0.352 e. The maximum atomic E-state index is 13.6. The minimum absolute atomic E-state index is 0.106. The Hall–Kier alpha value is -5.36. The molecule has 0 atom stereocenters. The fourth-order valence-electron chi connectivity index (χ4n) is 6.04. The third kappa shape index (κ3) is 7.44. The summed E-state index contributed by atoms with van der Waals surface area (Å²) >= 11 is 0. The lowest BCUT2D eigenvalue weighted by Gasteiger charge is -2.14. The van der Waals surface area contributed by atoms with Crippen molar-refractivity contribution < 1.29 is 9.59 Å². The van der Waals surface area contributed by atoms with Crippen LogP contribution >= 0.6 is 0 Å². The Balaban J connectivity index is 1.43. The van der Waals surface area contributed by atoms with Gasteiger partial charge in [-0.1, -0.05) is 112 Å². The van der Waals surface area contributed by atoms with E-state index in [1.165, 1.54) is 0 Å². The Morgan fingerprint density at radius 1 is 0.500 bits per heavy atom. The number of aromatic nitrogens is 2. The number of carbonyl (C=O) groups excluding carboxylic acids is 2. The summed E-state index contributed by atoms with van der Waals surface area (Å²) in [4.78, 5) is 37.2. The Morgan fingerprint density at radius 3 is 1.31 bits per heavy atom. The lowest BCUT2D eigenvalue weighted by molar-refractivity contribution is 0.0946. The van der Waals surface area contributed by atoms with Gasteiger partial charge in [-0.25, -0.2) is 9.97 Å². The smallest absolute Gasteiger partial charge is 0.252 e. The van der Waals surface area contributed by atoms with Gasteiger partial charge in [0.25, 0.3) is 11.8 Å². The summed E-state index contributed by atoms with van der Waals surface area (Å²) in [5, 5.41) is 7.83. The molecule has 2 amide bonds. The van der Waals surface area contributed by atoms with Crippen LogP contribution in [-0.2, 0) is 0 Å². The van der Waals surface area contributed by atoms with Gasteiger partial charge in [0, 0.05) is 35.0 Å². The molecule has 0 fully saturated rings. The molecule has 0 bridgehead atoms. The molecule has 0 aliphatic carbocycles. The second-order valence-corrected chi connectivity index (χ2v) is 12.2. The van der Waals surface area contributed by atoms with Crippen LogP contribution in [0.3, 0.4) is 0 Å². The summed E-state index contributed by atoms with van der Waals surface area (Å²) in [5.74, 6) is -0.211. The van der Waals surface area contributed by atoms with Gasteiger partial charge in [0.1, 0.15) is 0 Å². The molecule has 0 radical (unpaired) electrons. The molecule has 2 N–H and O–H groups in total. The number of fused-ring (bicyclic) bond motifs is 2. The third-order valence-electron chi connectivity index (χ3n) is 8.71. The standard InChI is InChI=1S/C42H42N4O2/c1-3-5-13-23-43-41(47)35-27-39(29-15-9-7-10-16-29)45-37-21-19-31(25-33(35)37)32-20-22-38-34(26-32)36(42(48)44-24-14-6-4-2)28-40(46-38)30-17-11-8-12-18-30/h7-12,15-22,25-28H,3-6,13-14,23-24H2,1-2H3,(H,43,47)(H,44,48). The molecule has 6 heteroatoms. The highest BCUT2D eigenvalue weighted by Crippen LogP contribution is 2.33. The minimum atomic E-state index is -0.106. The zero-order valence-electron chi connectivity index (χ0n) is 27.8. The number of unbranched alkanes of at least 4 members (excludes halogenated alkanes) is 4. The number of hydrogen-bond donors (Lipinski definition) is 2. The number of hydrogen-bond acceptors (Lipinski definition) is 4. The molecule has 0 spiro atoms. The van der Waals surface area contributed by atoms with Gasteiger partial charge in [-0.15, -0.1) is 0 Å². The van der Waals surface area contributed by atoms with Gasteiger partial charge in [-0.2, -0.15) is 0 Å². The van der Waals surface area contributed by atoms with E-state index in [-0.39, 0.29) is 11.8 Å².